The molecule has 0 saturated carbocycles. The van der Waals surface area contributed by atoms with Crippen LogP contribution in [0.25, 0.3) is 72.7 Å². The Morgan fingerprint density at radius 3 is 1.89 bits per heavy atom. The first-order valence-electron chi connectivity index (χ1n) is 22.9. The number of nitrogens with zero attached hydrogens (tertiary/aromatic N) is 3. The van der Waals surface area contributed by atoms with E-state index in [-0.39, 0.29) is 49.5 Å². The van der Waals surface area contributed by atoms with Gasteiger partial charge in [0.15, 0.2) is 0 Å². The van der Waals surface area contributed by atoms with Crippen molar-refractivity contribution in [3.8, 4) is 67.5 Å². The Kier molecular flexibility index (Phi) is 12.8. The third-order valence-corrected chi connectivity index (χ3v) is 12.4. The largest absolute Gasteiger partial charge is 0.507 e. The zero-order chi connectivity index (χ0) is 45.9. The smallest absolute Gasteiger partial charge is 0.148 e. The van der Waals surface area contributed by atoms with Crippen LogP contribution >= 0.6 is 0 Å². The van der Waals surface area contributed by atoms with Gasteiger partial charge < -0.3 is 5.11 Å². The summed E-state index contributed by atoms with van der Waals surface area (Å²) in [6, 6.07) is 48.9. The Balaban J connectivity index is 0.00000630. The third-order valence-electron chi connectivity index (χ3n) is 12.4. The summed E-state index contributed by atoms with van der Waals surface area (Å²) in [5.41, 5.74) is 16.6. The molecule has 0 atom stereocenters. The van der Waals surface area contributed by atoms with E-state index in [4.69, 9.17) is 11.3 Å². The molecule has 0 bridgehead atoms. The number of phenols is 1. The second kappa shape index (κ2) is 18.1. The Bertz CT molecular complexity index is 3000. The van der Waals surface area contributed by atoms with Crippen LogP contribution in [0.5, 0.6) is 5.75 Å². The van der Waals surface area contributed by atoms with Gasteiger partial charge in [0.2, 0.25) is 0 Å². The van der Waals surface area contributed by atoms with Crippen LogP contribution in [0.2, 0.25) is 0 Å². The predicted molar refractivity (Wildman–Crippen MR) is 266 cm³/mol. The number of benzene rings is 6. The van der Waals surface area contributed by atoms with E-state index in [9.17, 15) is 5.11 Å². The first-order valence-corrected chi connectivity index (χ1v) is 22.4. The van der Waals surface area contributed by atoms with E-state index in [2.05, 4.69) is 189 Å². The zero-order valence-corrected chi connectivity index (χ0v) is 41.7. The van der Waals surface area contributed by atoms with E-state index in [1.807, 2.05) is 38.2 Å². The predicted octanol–water partition coefficient (Wildman–Crippen LogP) is 16.2. The summed E-state index contributed by atoms with van der Waals surface area (Å²) in [5, 5.41) is 12.3. The molecule has 0 aliphatic carbocycles. The van der Waals surface area contributed by atoms with Crippen molar-refractivity contribution in [1.29, 1.82) is 0 Å². The van der Waals surface area contributed by atoms with E-state index >= 15 is 0 Å². The molecule has 0 aliphatic heterocycles. The van der Waals surface area contributed by atoms with Crippen LogP contribution in [-0.4, -0.2) is 19.6 Å². The van der Waals surface area contributed by atoms with Gasteiger partial charge in [-0.25, -0.2) is 4.98 Å². The number of aromatic nitrogens is 3. The molecule has 2 aromatic heterocycles. The summed E-state index contributed by atoms with van der Waals surface area (Å²) in [4.78, 5) is 10.5. The molecule has 0 radical (unpaired) electrons. The van der Waals surface area contributed by atoms with Gasteiger partial charge in [-0.15, -0.1) is 29.3 Å². The van der Waals surface area contributed by atoms with Gasteiger partial charge in [-0.2, -0.15) is 0 Å². The van der Waals surface area contributed by atoms with Crippen molar-refractivity contribution in [3.63, 3.8) is 0 Å². The van der Waals surface area contributed by atoms with Crippen LogP contribution in [0, 0.1) is 6.07 Å². The van der Waals surface area contributed by atoms with Crippen LogP contribution < -0.4 is 0 Å². The van der Waals surface area contributed by atoms with Crippen LogP contribution in [0.15, 0.2) is 134 Å². The van der Waals surface area contributed by atoms with E-state index in [0.29, 0.717) is 11.4 Å². The number of rotatable bonds is 9. The van der Waals surface area contributed by atoms with E-state index in [1.165, 1.54) is 5.56 Å². The van der Waals surface area contributed by atoms with Gasteiger partial charge in [-0.05, 0) is 103 Å². The number of fused-ring (bicyclic) bond motifs is 1. The fraction of sp³-hybridized carbons (Fsp3) is 0.288. The van der Waals surface area contributed by atoms with Crippen LogP contribution in [-0.2, 0) is 31.9 Å². The molecule has 2 heterocycles. The fourth-order valence-corrected chi connectivity index (χ4v) is 8.39. The standard InChI is InChI=1S/C59H62N3O.Pt/c1-36(2)39-21-23-41(24-22-39)42-25-26-60-53(34-42)46-27-45(29-47(30-46)58(7,8)9)50-19-16-20-54-55(50)61-57(52-33-43(37(3)4)32-51(38(5)6)56(52)63)62(54)49-31-44(40-17-14-13-15-18-40)28-48(35-49)59(10,11)12;/h13-26,28-38,63H,1-12H3;/q-1;/i36D;. The molecule has 0 unspecified atom stereocenters. The van der Waals surface area contributed by atoms with E-state index in [0.717, 1.165) is 83.6 Å². The average Bonchev–Trinajstić information content (AvgIpc) is 3.65. The molecule has 330 valence electrons. The minimum absolute atomic E-state index is 0. The summed E-state index contributed by atoms with van der Waals surface area (Å²) in [6.07, 6.45) is 1.87. The van der Waals surface area contributed by atoms with Crippen molar-refractivity contribution >= 4 is 11.0 Å². The van der Waals surface area contributed by atoms with E-state index < -0.39 is 5.89 Å². The first kappa shape index (κ1) is 45.0. The summed E-state index contributed by atoms with van der Waals surface area (Å²) < 4.78 is 10.8. The number of imidazole rings is 1. The number of hydrogen-bond donors (Lipinski definition) is 1. The van der Waals surface area contributed by atoms with Gasteiger partial charge in [0.25, 0.3) is 0 Å². The number of pyridine rings is 1. The van der Waals surface area contributed by atoms with Crippen LogP contribution in [0.4, 0.5) is 0 Å². The Labute approximate surface area is 397 Å². The number of para-hydroxylation sites is 1. The molecule has 6 aromatic carbocycles. The molecule has 0 spiro atoms. The summed E-state index contributed by atoms with van der Waals surface area (Å²) in [5.74, 6) is 0.636. The molecular weight excluding hydrogens is 962 g/mol. The Hall–Kier alpha value is -5.57. The van der Waals surface area contributed by atoms with Gasteiger partial charge in [0.05, 0.1) is 16.6 Å². The maximum absolute atomic E-state index is 12.3. The Morgan fingerprint density at radius 1 is 0.594 bits per heavy atom. The molecular formula is C59H62N3OPt-. The zero-order valence-electron chi connectivity index (χ0n) is 40.5. The molecule has 0 aliphatic rings. The normalized spacial score (nSPS) is 12.5. The topological polar surface area (TPSA) is 50.9 Å². The van der Waals surface area contributed by atoms with Gasteiger partial charge in [0, 0.05) is 40.0 Å². The fourth-order valence-electron chi connectivity index (χ4n) is 8.39. The van der Waals surface area contributed by atoms with Crippen molar-refractivity contribution in [2.75, 3.05) is 0 Å². The van der Waals surface area contributed by atoms with E-state index in [1.54, 1.807) is 0 Å². The molecule has 0 saturated heterocycles. The molecule has 8 rings (SSSR count). The molecule has 0 fully saturated rings. The van der Waals surface area contributed by atoms with Crippen molar-refractivity contribution in [2.24, 2.45) is 0 Å². The van der Waals surface area contributed by atoms with Gasteiger partial charge in [-0.1, -0.05) is 179 Å². The monoisotopic (exact) mass is 1020 g/mol. The van der Waals surface area contributed by atoms with Gasteiger partial charge in [0.1, 0.15) is 11.6 Å². The van der Waals surface area contributed by atoms with Gasteiger partial charge >= 0.3 is 0 Å². The van der Waals surface area contributed by atoms with Crippen LogP contribution in [0.1, 0.15) is 130 Å². The minimum Gasteiger partial charge on any atom is -0.507 e. The average molecular weight is 1030 g/mol. The number of phenolic OH excluding ortho intramolecular Hbond substituents is 1. The molecule has 8 aromatic rings. The van der Waals surface area contributed by atoms with Crippen molar-refractivity contribution in [1.82, 2.24) is 14.5 Å². The third kappa shape index (κ3) is 9.31. The SMILES string of the molecule is [2H]C(C)(C)c1ccc(-c2ccnc(-c3[c-]c(-c4cccc5c4nc(-c4cc(C(C)C)cc(C(C)C)c4O)n5-c4cc(-c5ccccc5)cc(C(C)(C)C)c4)cc(C(C)(C)C)c3)c2)cc1.[Pt]. The van der Waals surface area contributed by atoms with Crippen molar-refractivity contribution < 1.29 is 27.5 Å². The number of hydrogen-bond acceptors (Lipinski definition) is 3. The molecule has 4 nitrogen and oxygen atoms in total. The second-order valence-electron chi connectivity index (χ2n) is 20.1. The van der Waals surface area contributed by atoms with Crippen molar-refractivity contribution in [2.45, 2.75) is 112 Å². The second-order valence-corrected chi connectivity index (χ2v) is 20.1. The maximum atomic E-state index is 12.3. The van der Waals surface area contributed by atoms with Crippen molar-refractivity contribution in [3.05, 3.63) is 167 Å². The molecule has 0 amide bonds. The quantitative estimate of drug-likeness (QED) is 0.147. The summed E-state index contributed by atoms with van der Waals surface area (Å²) in [7, 11) is 0. The minimum atomic E-state index is -0.669. The molecule has 1 N–H and O–H groups in total. The molecule has 64 heavy (non-hydrogen) atoms. The Morgan fingerprint density at radius 2 is 1.25 bits per heavy atom. The number of aromatic hydroxyl groups is 1. The maximum Gasteiger partial charge on any atom is 0.148 e. The summed E-state index contributed by atoms with van der Waals surface area (Å²) in [6.45, 7) is 26.0. The molecule has 5 heteroatoms. The van der Waals surface area contributed by atoms with Crippen LogP contribution in [0.3, 0.4) is 0 Å². The van der Waals surface area contributed by atoms with Gasteiger partial charge in [-0.3, -0.25) is 9.55 Å². The summed E-state index contributed by atoms with van der Waals surface area (Å²) >= 11 is 0. The first-order chi connectivity index (χ1) is 30.2.